The molecule has 0 saturated carbocycles. The predicted molar refractivity (Wildman–Crippen MR) is 259 cm³/mol. The Morgan fingerprint density at radius 2 is 1.06 bits per heavy atom. The monoisotopic (exact) mass is 988 g/mol. The Labute approximate surface area is 397 Å². The molecule has 16 nitrogen and oxygen atoms in total. The first kappa shape index (κ1) is 53.8. The van der Waals surface area contributed by atoms with E-state index in [1.807, 2.05) is 79.9 Å². The molecule has 0 saturated heterocycles. The second-order valence-corrected chi connectivity index (χ2v) is 17.9. The molecule has 0 aliphatic heterocycles. The zero-order chi connectivity index (χ0) is 49.0. The number of rotatable bonds is 16. The Kier molecular flexibility index (Phi) is 21.1. The number of alkyl halides is 1. The van der Waals surface area contributed by atoms with Gasteiger partial charge in [-0.3, -0.25) is 29.8 Å². The Morgan fingerprint density at radius 1 is 0.636 bits per heavy atom. The number of non-ortho nitro benzene ring substituents is 2. The molecule has 0 bridgehead atoms. The van der Waals surface area contributed by atoms with Crippen molar-refractivity contribution in [1.29, 1.82) is 0 Å². The van der Waals surface area contributed by atoms with Gasteiger partial charge in [0, 0.05) is 41.6 Å². The number of Topliss-reactive ketones (excluding diaryl/α,β-unsaturated/α-hetero) is 1. The number of aromatic nitrogens is 1. The quantitative estimate of drug-likeness (QED) is 0.0479. The van der Waals surface area contributed by atoms with Gasteiger partial charge in [-0.2, -0.15) is 0 Å². The predicted octanol–water partition coefficient (Wildman–Crippen LogP) is 10.3. The van der Waals surface area contributed by atoms with Gasteiger partial charge in [0.2, 0.25) is 5.91 Å². The summed E-state index contributed by atoms with van der Waals surface area (Å²) >= 11 is 4.49. The van der Waals surface area contributed by atoms with Crippen LogP contribution in [0.2, 0.25) is 0 Å². The second-order valence-electron chi connectivity index (χ2n) is 16.4. The number of thiazole rings is 1. The van der Waals surface area contributed by atoms with E-state index < -0.39 is 57.3 Å². The van der Waals surface area contributed by atoms with E-state index in [4.69, 9.17) is 14.5 Å². The van der Waals surface area contributed by atoms with Crippen LogP contribution in [0.3, 0.4) is 0 Å². The van der Waals surface area contributed by atoms with Gasteiger partial charge in [-0.05, 0) is 71.1 Å². The highest BCUT2D eigenvalue weighted by molar-refractivity contribution is 9.09. The lowest BCUT2D eigenvalue weighted by Crippen LogP contribution is -2.50. The van der Waals surface area contributed by atoms with Gasteiger partial charge < -0.3 is 25.4 Å². The largest absolute Gasteiger partial charge is 0.444 e. The van der Waals surface area contributed by atoms with Crippen LogP contribution in [0.5, 0.6) is 0 Å². The van der Waals surface area contributed by atoms with E-state index in [0.717, 1.165) is 22.4 Å². The minimum atomic E-state index is -0.917. The molecular weight excluding hydrogens is 933 g/mol. The van der Waals surface area contributed by atoms with Gasteiger partial charge in [-0.15, -0.1) is 11.3 Å². The van der Waals surface area contributed by atoms with Crippen LogP contribution < -0.4 is 16.0 Å². The van der Waals surface area contributed by atoms with Crippen LogP contribution in [0, 0.1) is 20.2 Å². The van der Waals surface area contributed by atoms with E-state index in [2.05, 4.69) is 31.9 Å². The lowest BCUT2D eigenvalue weighted by atomic mass is 10.0. The van der Waals surface area contributed by atoms with E-state index in [1.165, 1.54) is 35.6 Å². The molecule has 0 fully saturated rings. The van der Waals surface area contributed by atoms with E-state index >= 15 is 0 Å². The van der Waals surface area contributed by atoms with Crippen LogP contribution in [0.15, 0.2) is 115 Å². The molecule has 0 aliphatic rings. The smallest absolute Gasteiger partial charge is 0.408 e. The number of carbonyl (C=O) groups excluding carboxylic acids is 4. The standard InChI is InChI=1S/C31H32N4O5S.C15H19BrN2O5.C2H6/c1-31(2,3)40-30(37)34-25(18-21-10-6-4-7-11-21)28(36)32-26(19-22-14-16-24(17-15-22)35(38)39)29-33-27(20-41-29)23-12-8-5-9-13-23;1-15(2,3)23-14(20)17-12(13(19)9-16)8-10-4-6-11(7-5-10)18(21)22;1-2/h4-17,20,25-26H,18-19H2,1-3H3,(H,32,36)(H,34,37);4-7,12H,8-9H2,1-3H3,(H,17,20);1-2H3/t25-,26-;12-;/m00./s1. The Bertz CT molecular complexity index is 2350. The molecule has 0 aliphatic carbocycles. The maximum Gasteiger partial charge on any atom is 0.408 e. The normalized spacial score (nSPS) is 12.3. The summed E-state index contributed by atoms with van der Waals surface area (Å²) in [5.41, 5.74) is 2.64. The van der Waals surface area contributed by atoms with Crippen LogP contribution in [0.25, 0.3) is 11.3 Å². The average Bonchev–Trinajstić information content (AvgIpc) is 3.77. The Hall–Kier alpha value is -6.53. The molecule has 0 radical (unpaired) electrons. The molecule has 0 unspecified atom stereocenters. The second kappa shape index (κ2) is 25.8. The van der Waals surface area contributed by atoms with Crippen molar-refractivity contribution in [1.82, 2.24) is 20.9 Å². The number of alkyl carbamates (subject to hydrolysis) is 2. The fourth-order valence-corrected chi connectivity index (χ4v) is 7.21. The number of ketones is 1. The molecule has 4 aromatic carbocycles. The summed E-state index contributed by atoms with van der Waals surface area (Å²) in [6.45, 7) is 14.4. The Morgan fingerprint density at radius 3 is 1.52 bits per heavy atom. The SMILES string of the molecule is CC.CC(C)(C)OC(=O)N[C@@H](Cc1ccc([N+](=O)[O-])cc1)C(=O)CBr.CC(C)(C)OC(=O)N[C@@H](Cc1ccccc1)C(=O)N[C@@H](Cc1ccc([N+](=O)[O-])cc1)c1nc(-c2ccccc2)cs1. The third-order valence-corrected chi connectivity index (χ3v) is 10.4. The number of nitrogens with one attached hydrogen (secondary N) is 3. The summed E-state index contributed by atoms with van der Waals surface area (Å²) in [5.74, 6) is -0.614. The van der Waals surface area contributed by atoms with Crippen LogP contribution in [0.1, 0.15) is 83.1 Å². The number of ether oxygens (including phenoxy) is 2. The molecule has 66 heavy (non-hydrogen) atoms. The number of hydrogen-bond acceptors (Lipinski definition) is 12. The van der Waals surface area contributed by atoms with Gasteiger partial charge in [0.1, 0.15) is 22.3 Å². The van der Waals surface area contributed by atoms with E-state index in [0.29, 0.717) is 17.0 Å². The molecule has 3 atom stereocenters. The molecule has 1 heterocycles. The maximum atomic E-state index is 13.7. The molecule has 5 rings (SSSR count). The van der Waals surface area contributed by atoms with E-state index in [1.54, 1.807) is 65.8 Å². The summed E-state index contributed by atoms with van der Waals surface area (Å²) in [7, 11) is 0. The molecule has 3 N–H and O–H groups in total. The van der Waals surface area contributed by atoms with E-state index in [-0.39, 0.29) is 35.3 Å². The van der Waals surface area contributed by atoms with Crippen LogP contribution >= 0.6 is 27.3 Å². The zero-order valence-corrected chi connectivity index (χ0v) is 40.6. The minimum absolute atomic E-state index is 0.0144. The van der Waals surface area contributed by atoms with Crippen LogP contribution in [-0.2, 0) is 38.3 Å². The lowest BCUT2D eigenvalue weighted by molar-refractivity contribution is -0.385. The first-order valence-corrected chi connectivity index (χ1v) is 23.1. The van der Waals surface area contributed by atoms with Crippen LogP contribution in [0.4, 0.5) is 21.0 Å². The molecule has 0 spiro atoms. The third-order valence-electron chi connectivity index (χ3n) is 8.88. The number of nitrogens with zero attached hydrogens (tertiary/aromatic N) is 3. The molecular formula is C48H57BrN6O10S. The van der Waals surface area contributed by atoms with Gasteiger partial charge in [-0.1, -0.05) is 115 Å². The van der Waals surface area contributed by atoms with Crippen molar-refractivity contribution in [3.63, 3.8) is 0 Å². The molecule has 352 valence electrons. The summed E-state index contributed by atoms with van der Waals surface area (Å²) in [5, 5.41) is 32.8. The third kappa shape index (κ3) is 18.9. The summed E-state index contributed by atoms with van der Waals surface area (Å²) in [6.07, 6.45) is -0.555. The van der Waals surface area contributed by atoms with Gasteiger partial charge >= 0.3 is 12.2 Å². The van der Waals surface area contributed by atoms with Gasteiger partial charge in [0.15, 0.2) is 5.78 Å². The number of hydrogen-bond donors (Lipinski definition) is 3. The fraction of sp³-hybridized carbons (Fsp3) is 0.354. The van der Waals surface area contributed by atoms with Gasteiger partial charge in [0.05, 0.1) is 33.0 Å². The highest BCUT2D eigenvalue weighted by Gasteiger charge is 2.29. The summed E-state index contributed by atoms with van der Waals surface area (Å²) in [4.78, 5) is 75.9. The maximum absolute atomic E-state index is 13.7. The number of halogens is 1. The summed E-state index contributed by atoms with van der Waals surface area (Å²) in [6, 6.07) is 28.9. The van der Waals surface area contributed by atoms with Crippen molar-refractivity contribution in [3.8, 4) is 11.3 Å². The lowest BCUT2D eigenvalue weighted by Gasteiger charge is -2.25. The topological polar surface area (TPSA) is 222 Å². The highest BCUT2D eigenvalue weighted by Crippen LogP contribution is 2.28. The number of nitro groups is 2. The Balaban J connectivity index is 0.000000393. The number of carbonyl (C=O) groups is 4. The highest BCUT2D eigenvalue weighted by atomic mass is 79.9. The van der Waals surface area contributed by atoms with Crippen molar-refractivity contribution in [2.75, 3.05) is 5.33 Å². The van der Waals surface area contributed by atoms with Gasteiger partial charge in [-0.25, -0.2) is 14.6 Å². The molecule has 3 amide bonds. The number of nitro benzene ring substituents is 2. The average molecular weight is 990 g/mol. The number of benzene rings is 4. The van der Waals surface area contributed by atoms with Crippen molar-refractivity contribution in [2.45, 2.75) is 104 Å². The summed E-state index contributed by atoms with van der Waals surface area (Å²) < 4.78 is 10.6. The molecule has 1 aromatic heterocycles. The van der Waals surface area contributed by atoms with Crippen molar-refractivity contribution >= 4 is 62.5 Å². The van der Waals surface area contributed by atoms with Gasteiger partial charge in [0.25, 0.3) is 11.4 Å². The van der Waals surface area contributed by atoms with Crippen molar-refractivity contribution in [2.24, 2.45) is 0 Å². The number of amides is 3. The molecule has 18 heteroatoms. The fourth-order valence-electron chi connectivity index (χ4n) is 5.94. The molecule has 5 aromatic rings. The zero-order valence-electron chi connectivity index (χ0n) is 38.2. The minimum Gasteiger partial charge on any atom is -0.444 e. The van der Waals surface area contributed by atoms with E-state index in [9.17, 15) is 39.4 Å². The van der Waals surface area contributed by atoms with Crippen molar-refractivity contribution in [3.05, 3.63) is 157 Å². The first-order valence-electron chi connectivity index (χ1n) is 21.1. The van der Waals surface area contributed by atoms with Crippen LogP contribution in [-0.4, -0.2) is 67.3 Å². The van der Waals surface area contributed by atoms with Crippen molar-refractivity contribution < 1.29 is 38.5 Å². The first-order chi connectivity index (χ1) is 31.2.